The van der Waals surface area contributed by atoms with Crippen molar-refractivity contribution in [3.63, 3.8) is 0 Å². The van der Waals surface area contributed by atoms with Crippen LogP contribution in [0.25, 0.3) is 5.69 Å². The topological polar surface area (TPSA) is 86.1 Å². The van der Waals surface area contributed by atoms with Gasteiger partial charge in [-0.1, -0.05) is 25.1 Å². The van der Waals surface area contributed by atoms with E-state index in [2.05, 4.69) is 15.4 Å². The average molecular weight is 384 g/mol. The molecule has 140 valence electrons. The lowest BCUT2D eigenvalue weighted by Gasteiger charge is -2.12. The first kappa shape index (κ1) is 18.8. The minimum Gasteiger partial charge on any atom is -0.464 e. The molecule has 0 aliphatic heterocycles. The minimum absolute atomic E-state index is 0.0704. The van der Waals surface area contributed by atoms with E-state index in [4.69, 9.17) is 4.74 Å². The highest BCUT2D eigenvalue weighted by Gasteiger charge is 2.22. The molecule has 0 saturated heterocycles. The lowest BCUT2D eigenvalue weighted by molar-refractivity contribution is 0.0593. The number of nitrogens with zero attached hydrogens (tertiary/aromatic N) is 3. The molecule has 3 rings (SSSR count). The Morgan fingerprint density at radius 1 is 1.30 bits per heavy atom. The number of para-hydroxylation sites is 1. The van der Waals surface area contributed by atoms with Crippen LogP contribution in [-0.2, 0) is 11.2 Å². The van der Waals surface area contributed by atoms with Crippen molar-refractivity contribution in [3.8, 4) is 5.69 Å². The Labute approximate surface area is 161 Å². The van der Waals surface area contributed by atoms with Crippen LogP contribution in [-0.4, -0.2) is 33.8 Å². The Kier molecular flexibility index (Phi) is 5.66. The lowest BCUT2D eigenvalue weighted by Crippen LogP contribution is -2.28. The van der Waals surface area contributed by atoms with Gasteiger partial charge in [0.15, 0.2) is 5.69 Å². The van der Waals surface area contributed by atoms with Crippen LogP contribution >= 0.6 is 11.3 Å². The molecular formula is C19H20N4O3S. The van der Waals surface area contributed by atoms with Crippen LogP contribution in [0.2, 0.25) is 0 Å². The van der Waals surface area contributed by atoms with Crippen LogP contribution in [0.4, 0.5) is 0 Å². The largest absolute Gasteiger partial charge is 0.464 e. The van der Waals surface area contributed by atoms with Gasteiger partial charge in [-0.25, -0.2) is 14.5 Å². The van der Waals surface area contributed by atoms with E-state index in [0.717, 1.165) is 17.1 Å². The van der Waals surface area contributed by atoms with Gasteiger partial charge in [0.1, 0.15) is 5.69 Å². The molecule has 7 nitrogen and oxygen atoms in total. The second-order valence-corrected chi connectivity index (χ2v) is 6.81. The number of aryl methyl sites for hydroxylation is 1. The number of aromatic nitrogens is 3. The highest BCUT2D eigenvalue weighted by Crippen LogP contribution is 2.19. The molecule has 8 heteroatoms. The van der Waals surface area contributed by atoms with Gasteiger partial charge in [-0.05, 0) is 25.5 Å². The number of rotatable bonds is 6. The first-order valence-corrected chi connectivity index (χ1v) is 9.40. The summed E-state index contributed by atoms with van der Waals surface area (Å²) in [5.74, 6) is -0.945. The monoisotopic (exact) mass is 384 g/mol. The third-order valence-corrected chi connectivity index (χ3v) is 5.01. The molecule has 0 aliphatic carbocycles. The molecule has 0 bridgehead atoms. The first-order valence-electron chi connectivity index (χ1n) is 8.52. The highest BCUT2D eigenvalue weighted by atomic mass is 32.1. The van der Waals surface area contributed by atoms with Crippen LogP contribution in [0.5, 0.6) is 0 Å². The van der Waals surface area contributed by atoms with E-state index in [0.29, 0.717) is 5.69 Å². The Morgan fingerprint density at radius 2 is 2.04 bits per heavy atom. The number of amides is 1. The number of hydrogen-bond donors (Lipinski definition) is 1. The van der Waals surface area contributed by atoms with Gasteiger partial charge in [0, 0.05) is 11.4 Å². The summed E-state index contributed by atoms with van der Waals surface area (Å²) in [6, 6.07) is 10.3. The van der Waals surface area contributed by atoms with Gasteiger partial charge in [-0.3, -0.25) is 4.79 Å². The highest BCUT2D eigenvalue weighted by molar-refractivity contribution is 7.09. The number of ether oxygens (including phenoxy) is 1. The normalized spacial score (nSPS) is 11.8. The SMILES string of the molecule is CCc1nc(C(C)NC(=O)c2cc(C(=O)OC)nn2-c2ccccc2)cs1. The van der Waals surface area contributed by atoms with E-state index in [-0.39, 0.29) is 23.3 Å². The summed E-state index contributed by atoms with van der Waals surface area (Å²) in [6.45, 7) is 3.91. The molecule has 3 aromatic rings. The Hall–Kier alpha value is -3.00. The second kappa shape index (κ2) is 8.13. The van der Waals surface area contributed by atoms with Crippen LogP contribution < -0.4 is 5.32 Å². The van der Waals surface area contributed by atoms with Gasteiger partial charge in [0.2, 0.25) is 0 Å². The number of carbonyl (C=O) groups is 2. The van der Waals surface area contributed by atoms with Gasteiger partial charge in [-0.15, -0.1) is 11.3 Å². The predicted molar refractivity (Wildman–Crippen MR) is 102 cm³/mol. The van der Waals surface area contributed by atoms with Crippen LogP contribution in [0.15, 0.2) is 41.8 Å². The molecule has 0 radical (unpaired) electrons. The molecule has 1 atom stereocenters. The van der Waals surface area contributed by atoms with Crippen LogP contribution in [0.1, 0.15) is 51.6 Å². The number of methoxy groups -OCH3 is 1. The van der Waals surface area contributed by atoms with Crippen molar-refractivity contribution < 1.29 is 14.3 Å². The first-order chi connectivity index (χ1) is 13.0. The fourth-order valence-electron chi connectivity index (χ4n) is 2.54. The van der Waals surface area contributed by atoms with Crippen molar-refractivity contribution in [2.45, 2.75) is 26.3 Å². The summed E-state index contributed by atoms with van der Waals surface area (Å²) in [5, 5.41) is 10.1. The van der Waals surface area contributed by atoms with Crippen molar-refractivity contribution in [3.05, 3.63) is 63.9 Å². The maximum Gasteiger partial charge on any atom is 0.358 e. The van der Waals surface area contributed by atoms with Crippen LogP contribution in [0, 0.1) is 0 Å². The maximum atomic E-state index is 12.9. The number of carbonyl (C=O) groups excluding carboxylic acids is 2. The molecule has 1 amide bonds. The number of nitrogens with one attached hydrogen (secondary N) is 1. The molecule has 1 aromatic carbocycles. The lowest BCUT2D eigenvalue weighted by atomic mass is 10.2. The van der Waals surface area contributed by atoms with Crippen LogP contribution in [0.3, 0.4) is 0 Å². The molecule has 0 saturated carbocycles. The smallest absolute Gasteiger partial charge is 0.358 e. The number of thiazole rings is 1. The summed E-state index contributed by atoms with van der Waals surface area (Å²) in [7, 11) is 1.28. The summed E-state index contributed by atoms with van der Waals surface area (Å²) < 4.78 is 6.17. The third kappa shape index (κ3) is 4.06. The summed E-state index contributed by atoms with van der Waals surface area (Å²) in [4.78, 5) is 29.3. The molecule has 0 spiro atoms. The van der Waals surface area contributed by atoms with Gasteiger partial charge >= 0.3 is 5.97 Å². The van der Waals surface area contributed by atoms with Crippen molar-refractivity contribution in [2.75, 3.05) is 7.11 Å². The fourth-order valence-corrected chi connectivity index (χ4v) is 3.38. The zero-order valence-electron chi connectivity index (χ0n) is 15.3. The van der Waals surface area contributed by atoms with E-state index < -0.39 is 5.97 Å². The second-order valence-electron chi connectivity index (χ2n) is 5.87. The Balaban J connectivity index is 1.90. The molecule has 2 heterocycles. The van der Waals surface area contributed by atoms with Crippen molar-refractivity contribution in [2.24, 2.45) is 0 Å². The zero-order valence-corrected chi connectivity index (χ0v) is 16.1. The molecule has 1 N–H and O–H groups in total. The molecule has 2 aromatic heterocycles. The van der Waals surface area contributed by atoms with Gasteiger partial charge in [0.05, 0.1) is 29.5 Å². The predicted octanol–water partition coefficient (Wildman–Crippen LogP) is 3.17. The van der Waals surface area contributed by atoms with E-state index in [1.54, 1.807) is 11.3 Å². The third-order valence-electron chi connectivity index (χ3n) is 4.00. The molecule has 27 heavy (non-hydrogen) atoms. The van der Waals surface area contributed by atoms with Gasteiger partial charge in [0.25, 0.3) is 5.91 Å². The zero-order chi connectivity index (χ0) is 19.4. The van der Waals surface area contributed by atoms with Crippen molar-refractivity contribution in [1.82, 2.24) is 20.1 Å². The minimum atomic E-state index is -0.598. The summed E-state index contributed by atoms with van der Waals surface area (Å²) in [5.41, 5.74) is 1.80. The standard InChI is InChI=1S/C19H20N4O3S/c1-4-17-21-15(11-27-17)12(2)20-18(24)16-10-14(19(25)26-3)22-23(16)13-8-6-5-7-9-13/h5-12H,4H2,1-3H3,(H,20,24). The number of esters is 1. The number of benzene rings is 1. The molecular weight excluding hydrogens is 364 g/mol. The van der Waals surface area contributed by atoms with E-state index in [9.17, 15) is 9.59 Å². The molecule has 1 unspecified atom stereocenters. The summed E-state index contributed by atoms with van der Waals surface area (Å²) >= 11 is 1.57. The van der Waals surface area contributed by atoms with Gasteiger partial charge in [-0.2, -0.15) is 5.10 Å². The fraction of sp³-hybridized carbons (Fsp3) is 0.263. The molecule has 0 aliphatic rings. The van der Waals surface area contributed by atoms with Crippen molar-refractivity contribution >= 4 is 23.2 Å². The maximum absolute atomic E-state index is 12.9. The van der Waals surface area contributed by atoms with E-state index in [1.165, 1.54) is 17.9 Å². The average Bonchev–Trinajstić information content (AvgIpc) is 3.35. The summed E-state index contributed by atoms with van der Waals surface area (Å²) in [6.07, 6.45) is 0.856. The van der Waals surface area contributed by atoms with E-state index in [1.807, 2.05) is 49.6 Å². The Morgan fingerprint density at radius 3 is 2.67 bits per heavy atom. The number of hydrogen-bond acceptors (Lipinski definition) is 6. The van der Waals surface area contributed by atoms with E-state index >= 15 is 0 Å². The van der Waals surface area contributed by atoms with Crippen molar-refractivity contribution in [1.29, 1.82) is 0 Å². The Bertz CT molecular complexity index is 949. The molecule has 0 fully saturated rings. The van der Waals surface area contributed by atoms with Gasteiger partial charge < -0.3 is 10.1 Å². The quantitative estimate of drug-likeness (QED) is 0.660.